The smallest absolute Gasteiger partial charge is 0.260 e. The van der Waals surface area contributed by atoms with Gasteiger partial charge in [0.15, 0.2) is 0 Å². The molecule has 0 spiro atoms. The van der Waals surface area contributed by atoms with E-state index in [4.69, 9.17) is 4.74 Å². The van der Waals surface area contributed by atoms with E-state index in [1.165, 1.54) is 29.4 Å². The van der Waals surface area contributed by atoms with Crippen LogP contribution in [0.2, 0.25) is 0 Å². The Morgan fingerprint density at radius 3 is 2.78 bits per heavy atom. The molecule has 1 saturated heterocycles. The first-order valence-corrected chi connectivity index (χ1v) is 10.9. The molecule has 0 bridgehead atoms. The van der Waals surface area contributed by atoms with Gasteiger partial charge in [-0.1, -0.05) is 30.3 Å². The van der Waals surface area contributed by atoms with Crippen molar-refractivity contribution < 1.29 is 14.3 Å². The number of fused-ring (bicyclic) bond motifs is 3. The zero-order valence-electron chi connectivity index (χ0n) is 18.3. The molecule has 164 valence electrons. The van der Waals surface area contributed by atoms with Gasteiger partial charge >= 0.3 is 0 Å². The molecule has 0 radical (unpaired) electrons. The minimum atomic E-state index is -0.249. The Morgan fingerprint density at radius 1 is 1.12 bits per heavy atom. The molecule has 2 aliphatic rings. The summed E-state index contributed by atoms with van der Waals surface area (Å²) < 4.78 is 6.79. The average Bonchev–Trinajstić information content (AvgIpc) is 3.38. The van der Waals surface area contributed by atoms with Crippen molar-refractivity contribution in [3.8, 4) is 17.0 Å². The molecule has 1 fully saturated rings. The summed E-state index contributed by atoms with van der Waals surface area (Å²) in [7, 11) is 3.25. The predicted molar refractivity (Wildman–Crippen MR) is 122 cm³/mol. The van der Waals surface area contributed by atoms with Gasteiger partial charge in [0.2, 0.25) is 11.8 Å². The summed E-state index contributed by atoms with van der Waals surface area (Å²) in [5.41, 5.74) is 6.28. The van der Waals surface area contributed by atoms with Crippen LogP contribution in [0.4, 0.5) is 5.69 Å². The van der Waals surface area contributed by atoms with E-state index in [-0.39, 0.29) is 17.7 Å². The third kappa shape index (κ3) is 3.64. The molecule has 1 aliphatic carbocycles. The maximum absolute atomic E-state index is 13.0. The molecule has 2 amide bonds. The van der Waals surface area contributed by atoms with E-state index >= 15 is 0 Å². The average molecular weight is 431 g/mol. The first kappa shape index (κ1) is 20.3. The molecule has 5 rings (SSSR count). The zero-order chi connectivity index (χ0) is 22.2. The first-order chi connectivity index (χ1) is 15.5. The molecule has 1 N–H and O–H groups in total. The Bertz CT molecular complexity index is 1200. The van der Waals surface area contributed by atoms with Crippen LogP contribution in [0.3, 0.4) is 0 Å². The number of methoxy groups -OCH3 is 1. The molecule has 1 aromatic heterocycles. The number of carbonyl (C=O) groups excluding carboxylic acids is 2. The zero-order valence-corrected chi connectivity index (χ0v) is 18.3. The highest BCUT2D eigenvalue weighted by Gasteiger charge is 2.31. The van der Waals surface area contributed by atoms with Gasteiger partial charge in [-0.15, -0.1) is 5.10 Å². The Kier molecular flexibility index (Phi) is 5.17. The Balaban J connectivity index is 1.27. The minimum absolute atomic E-state index is 0.0453. The molecule has 7 nitrogen and oxygen atoms in total. The number of carbonyl (C=O) groups is 2. The highest BCUT2D eigenvalue weighted by Crippen LogP contribution is 2.37. The second-order valence-electron chi connectivity index (χ2n) is 8.51. The van der Waals surface area contributed by atoms with Crippen molar-refractivity contribution in [3.63, 3.8) is 0 Å². The maximum atomic E-state index is 13.0. The molecule has 1 aliphatic heterocycles. The van der Waals surface area contributed by atoms with Gasteiger partial charge in [-0.2, -0.15) is 0 Å². The Hall–Kier alpha value is -3.61. The normalized spacial score (nSPS) is 16.9. The van der Waals surface area contributed by atoms with Crippen molar-refractivity contribution in [1.82, 2.24) is 14.7 Å². The van der Waals surface area contributed by atoms with Crippen LogP contribution in [0.1, 0.15) is 34.3 Å². The largest absolute Gasteiger partial charge is 0.479 e. The van der Waals surface area contributed by atoms with E-state index in [1.54, 1.807) is 22.8 Å². The second kappa shape index (κ2) is 8.15. The van der Waals surface area contributed by atoms with Crippen LogP contribution >= 0.6 is 0 Å². The standard InChI is InChI=1S/C25H26N4O3/c1-28-15-22(24(27-28)32-2)25(31)29-11-5-7-17(14-29)23(30)26-19-9-10-21-18(13-19)12-16-6-3-4-8-20(16)21/h3-4,6,8-10,13,15,17H,5,7,11-12,14H2,1-2H3,(H,26,30)/t17-/m0/s1. The van der Waals surface area contributed by atoms with Gasteiger partial charge in [-0.05, 0) is 53.6 Å². The Labute approximate surface area is 187 Å². The number of anilines is 1. The fraction of sp³-hybridized carbons (Fsp3) is 0.320. The number of nitrogens with one attached hydrogen (secondary N) is 1. The number of ether oxygens (including phenoxy) is 1. The van der Waals surface area contributed by atoms with E-state index in [0.717, 1.165) is 24.9 Å². The summed E-state index contributed by atoms with van der Waals surface area (Å²) in [4.78, 5) is 27.8. The number of nitrogens with zero attached hydrogens (tertiary/aromatic N) is 3. The third-order valence-electron chi connectivity index (χ3n) is 6.36. The van der Waals surface area contributed by atoms with Gasteiger partial charge < -0.3 is 15.0 Å². The lowest BCUT2D eigenvalue weighted by atomic mass is 9.96. The van der Waals surface area contributed by atoms with E-state index in [1.807, 2.05) is 6.07 Å². The van der Waals surface area contributed by atoms with Crippen molar-refractivity contribution in [2.45, 2.75) is 19.3 Å². The maximum Gasteiger partial charge on any atom is 0.260 e. The van der Waals surface area contributed by atoms with Crippen LogP contribution in [-0.2, 0) is 18.3 Å². The second-order valence-corrected chi connectivity index (χ2v) is 8.51. The summed E-state index contributed by atoms with van der Waals surface area (Å²) in [5, 5.41) is 7.24. The lowest BCUT2D eigenvalue weighted by Crippen LogP contribution is -2.43. The number of aryl methyl sites for hydroxylation is 1. The number of aromatic nitrogens is 2. The van der Waals surface area contributed by atoms with Crippen molar-refractivity contribution >= 4 is 17.5 Å². The number of rotatable bonds is 4. The summed E-state index contributed by atoms with van der Waals surface area (Å²) >= 11 is 0. The Morgan fingerprint density at radius 2 is 1.94 bits per heavy atom. The van der Waals surface area contributed by atoms with Gasteiger partial charge in [-0.3, -0.25) is 14.3 Å². The number of hydrogen-bond donors (Lipinski definition) is 1. The number of hydrogen-bond acceptors (Lipinski definition) is 4. The van der Waals surface area contributed by atoms with E-state index in [0.29, 0.717) is 24.5 Å². The summed E-state index contributed by atoms with van der Waals surface area (Å²) in [6.07, 6.45) is 4.09. The molecule has 2 heterocycles. The van der Waals surface area contributed by atoms with Gasteiger partial charge in [0.1, 0.15) is 5.56 Å². The molecule has 0 unspecified atom stereocenters. The molecule has 2 aromatic carbocycles. The topological polar surface area (TPSA) is 76.5 Å². The van der Waals surface area contributed by atoms with Crippen LogP contribution < -0.4 is 10.1 Å². The number of piperidine rings is 1. The monoisotopic (exact) mass is 430 g/mol. The molecule has 7 heteroatoms. The highest BCUT2D eigenvalue weighted by atomic mass is 16.5. The number of benzene rings is 2. The minimum Gasteiger partial charge on any atom is -0.479 e. The molecular formula is C25H26N4O3. The lowest BCUT2D eigenvalue weighted by molar-refractivity contribution is -0.121. The van der Waals surface area contributed by atoms with Gasteiger partial charge in [-0.25, -0.2) is 0 Å². The third-order valence-corrected chi connectivity index (χ3v) is 6.36. The molecule has 3 aromatic rings. The van der Waals surface area contributed by atoms with Crippen molar-refractivity contribution in [1.29, 1.82) is 0 Å². The molecule has 32 heavy (non-hydrogen) atoms. The van der Waals surface area contributed by atoms with Crippen LogP contribution in [-0.4, -0.2) is 46.7 Å². The SMILES string of the molecule is COc1nn(C)cc1C(=O)N1CCC[C@H](C(=O)Nc2ccc3c(c2)Cc2ccccc2-3)C1. The lowest BCUT2D eigenvalue weighted by Gasteiger charge is -2.32. The number of likely N-dealkylation sites (tertiary alicyclic amines) is 1. The van der Waals surface area contributed by atoms with Gasteiger partial charge in [0.05, 0.1) is 13.0 Å². The van der Waals surface area contributed by atoms with E-state index in [9.17, 15) is 9.59 Å². The summed E-state index contributed by atoms with van der Waals surface area (Å²) in [5.74, 6) is -0.136. The molecule has 0 saturated carbocycles. The van der Waals surface area contributed by atoms with Crippen LogP contribution in [0.5, 0.6) is 5.88 Å². The van der Waals surface area contributed by atoms with Crippen LogP contribution in [0.25, 0.3) is 11.1 Å². The van der Waals surface area contributed by atoms with Gasteiger partial charge in [0.25, 0.3) is 5.91 Å². The van der Waals surface area contributed by atoms with Crippen molar-refractivity contribution in [3.05, 3.63) is 65.4 Å². The summed E-state index contributed by atoms with van der Waals surface area (Å²) in [6.45, 7) is 1.01. The van der Waals surface area contributed by atoms with Crippen molar-refractivity contribution in [2.75, 3.05) is 25.5 Å². The number of amides is 2. The first-order valence-electron chi connectivity index (χ1n) is 10.9. The van der Waals surface area contributed by atoms with E-state index < -0.39 is 0 Å². The summed E-state index contributed by atoms with van der Waals surface area (Å²) in [6, 6.07) is 14.5. The predicted octanol–water partition coefficient (Wildman–Crippen LogP) is 3.49. The highest BCUT2D eigenvalue weighted by molar-refractivity contribution is 5.98. The van der Waals surface area contributed by atoms with Gasteiger partial charge in [0, 0.05) is 32.0 Å². The quantitative estimate of drug-likeness (QED) is 0.538. The fourth-order valence-electron chi connectivity index (χ4n) is 4.78. The van der Waals surface area contributed by atoms with E-state index in [2.05, 4.69) is 46.8 Å². The molecule has 1 atom stereocenters. The fourth-order valence-corrected chi connectivity index (χ4v) is 4.78. The van der Waals surface area contributed by atoms with Crippen LogP contribution in [0, 0.1) is 5.92 Å². The van der Waals surface area contributed by atoms with Crippen LogP contribution in [0.15, 0.2) is 48.7 Å². The molecular weight excluding hydrogens is 404 g/mol. The van der Waals surface area contributed by atoms with Crippen molar-refractivity contribution in [2.24, 2.45) is 13.0 Å².